The molecule has 0 aliphatic carbocycles. The zero-order chi connectivity index (χ0) is 22.4. The van der Waals surface area contributed by atoms with Crippen molar-refractivity contribution in [2.45, 2.75) is 6.61 Å². The maximum absolute atomic E-state index is 12.9. The molecule has 0 saturated heterocycles. The van der Waals surface area contributed by atoms with Crippen molar-refractivity contribution in [3.63, 3.8) is 0 Å². The van der Waals surface area contributed by atoms with Gasteiger partial charge in [0, 0.05) is 6.07 Å². The molecule has 3 aromatic carbocycles. The van der Waals surface area contributed by atoms with Crippen LogP contribution < -0.4 is 10.2 Å². The maximum Gasteiger partial charge on any atom is 0.301 e. The van der Waals surface area contributed by atoms with E-state index < -0.39 is 21.2 Å². The second kappa shape index (κ2) is 9.63. The summed E-state index contributed by atoms with van der Waals surface area (Å²) in [5.41, 5.74) is 2.97. The molecule has 0 atom stereocenters. The Labute approximate surface area is 180 Å². The average molecular weight is 445 g/mol. The first kappa shape index (κ1) is 21.7. The van der Waals surface area contributed by atoms with Crippen molar-refractivity contribution in [3.8, 4) is 5.75 Å². The molecular weight excluding hydrogens is 431 g/mol. The van der Waals surface area contributed by atoms with Crippen molar-refractivity contribution < 1.29 is 19.0 Å². The summed E-state index contributed by atoms with van der Waals surface area (Å²) >= 11 is 6.21. The number of rotatable bonds is 8. The molecule has 11 heteroatoms. The van der Waals surface area contributed by atoms with Gasteiger partial charge in [-0.15, -0.1) is 0 Å². The molecule has 1 N–H and O–H groups in total. The summed E-state index contributed by atoms with van der Waals surface area (Å²) in [7, 11) is 0. The fourth-order valence-corrected chi connectivity index (χ4v) is 2.76. The normalized spacial score (nSPS) is 10.8. The number of non-ortho nitro benzene ring substituents is 1. The third kappa shape index (κ3) is 5.73. The zero-order valence-electron chi connectivity index (χ0n) is 15.7. The van der Waals surface area contributed by atoms with E-state index in [1.807, 2.05) is 0 Å². The summed E-state index contributed by atoms with van der Waals surface area (Å²) in [6.07, 6.45) is 1.38. The van der Waals surface area contributed by atoms with Gasteiger partial charge in [0.05, 0.1) is 27.2 Å². The van der Waals surface area contributed by atoms with Crippen molar-refractivity contribution in [2.24, 2.45) is 5.10 Å². The van der Waals surface area contributed by atoms with E-state index in [9.17, 15) is 24.6 Å². The second-order valence-electron chi connectivity index (χ2n) is 6.19. The summed E-state index contributed by atoms with van der Waals surface area (Å²) in [5.74, 6) is 0.0835. The number of halogens is 2. The van der Waals surface area contributed by atoms with Crippen LogP contribution in [0.2, 0.25) is 5.02 Å². The van der Waals surface area contributed by atoms with Gasteiger partial charge in [-0.3, -0.25) is 25.7 Å². The van der Waals surface area contributed by atoms with Crippen LogP contribution in [0.25, 0.3) is 0 Å². The second-order valence-corrected chi connectivity index (χ2v) is 6.60. The van der Waals surface area contributed by atoms with Crippen LogP contribution in [-0.4, -0.2) is 16.1 Å². The molecule has 9 nitrogen and oxygen atoms in total. The molecule has 0 radical (unpaired) electrons. The molecule has 0 fully saturated rings. The van der Waals surface area contributed by atoms with Crippen molar-refractivity contribution in [1.82, 2.24) is 0 Å². The van der Waals surface area contributed by atoms with Crippen molar-refractivity contribution in [2.75, 3.05) is 5.43 Å². The van der Waals surface area contributed by atoms with Crippen LogP contribution in [0.3, 0.4) is 0 Å². The summed E-state index contributed by atoms with van der Waals surface area (Å²) in [4.78, 5) is 20.5. The number of nitro groups is 2. The fraction of sp³-hybridized carbons (Fsp3) is 0.0500. The SMILES string of the molecule is O=[N+]([O-])c1ccc(N/N=C/c2ccc(OCc3ccc(F)cc3)c(Cl)c2)c([N+](=O)[O-])c1. The lowest BCUT2D eigenvalue weighted by molar-refractivity contribution is -0.393. The van der Waals surface area contributed by atoms with Gasteiger partial charge in [-0.2, -0.15) is 5.10 Å². The number of ether oxygens (including phenoxy) is 1. The topological polar surface area (TPSA) is 120 Å². The van der Waals surface area contributed by atoms with Gasteiger partial charge in [0.1, 0.15) is 23.9 Å². The van der Waals surface area contributed by atoms with Gasteiger partial charge in [-0.1, -0.05) is 23.7 Å². The van der Waals surface area contributed by atoms with Crippen LogP contribution in [0, 0.1) is 26.0 Å². The molecular formula is C20H14ClFN4O5. The Kier molecular flexibility index (Phi) is 6.73. The quantitative estimate of drug-likeness (QED) is 0.285. The minimum absolute atomic E-state index is 0.00259. The van der Waals surface area contributed by atoms with E-state index >= 15 is 0 Å². The first-order chi connectivity index (χ1) is 14.8. The molecule has 0 bridgehead atoms. The van der Waals surface area contributed by atoms with E-state index in [1.165, 1.54) is 24.4 Å². The number of nitrogens with one attached hydrogen (secondary N) is 1. The van der Waals surface area contributed by atoms with E-state index in [0.717, 1.165) is 17.7 Å². The van der Waals surface area contributed by atoms with E-state index in [0.29, 0.717) is 16.3 Å². The Bertz CT molecular complexity index is 1150. The fourth-order valence-electron chi connectivity index (χ4n) is 2.51. The Morgan fingerprint density at radius 2 is 1.77 bits per heavy atom. The van der Waals surface area contributed by atoms with Gasteiger partial charge in [-0.25, -0.2) is 4.39 Å². The van der Waals surface area contributed by atoms with Crippen molar-refractivity contribution >= 4 is 34.9 Å². The highest BCUT2D eigenvalue weighted by Crippen LogP contribution is 2.29. The van der Waals surface area contributed by atoms with E-state index in [4.69, 9.17) is 16.3 Å². The number of hydrogen-bond acceptors (Lipinski definition) is 7. The number of nitro benzene ring substituents is 2. The highest BCUT2D eigenvalue weighted by molar-refractivity contribution is 6.32. The Morgan fingerprint density at radius 1 is 1.03 bits per heavy atom. The number of anilines is 1. The molecule has 0 saturated carbocycles. The van der Waals surface area contributed by atoms with Gasteiger partial charge in [0.25, 0.3) is 5.69 Å². The lowest BCUT2D eigenvalue weighted by Gasteiger charge is -2.08. The van der Waals surface area contributed by atoms with E-state index in [1.54, 1.807) is 30.3 Å². The molecule has 0 aromatic heterocycles. The summed E-state index contributed by atoms with van der Waals surface area (Å²) in [5, 5.41) is 26.1. The molecule has 3 rings (SSSR count). The standard InChI is InChI=1S/C20H14ClFN4O5/c21-17-9-14(3-8-20(17)31-12-13-1-4-15(22)5-2-13)11-23-24-18-7-6-16(25(27)28)10-19(18)26(29)30/h1-11,24H,12H2/b23-11+. The van der Waals surface area contributed by atoms with Gasteiger partial charge in [-0.05, 0) is 47.5 Å². The monoisotopic (exact) mass is 444 g/mol. The predicted octanol–water partition coefficient (Wildman–Crippen LogP) is 5.32. The van der Waals surface area contributed by atoms with Gasteiger partial charge >= 0.3 is 5.69 Å². The lowest BCUT2D eigenvalue weighted by Crippen LogP contribution is -1.99. The number of hydrogen-bond donors (Lipinski definition) is 1. The van der Waals surface area contributed by atoms with Crippen LogP contribution >= 0.6 is 11.6 Å². The maximum atomic E-state index is 12.9. The molecule has 0 heterocycles. The first-order valence-corrected chi connectivity index (χ1v) is 9.10. The van der Waals surface area contributed by atoms with Gasteiger partial charge in [0.2, 0.25) is 0 Å². The van der Waals surface area contributed by atoms with Crippen LogP contribution in [0.1, 0.15) is 11.1 Å². The molecule has 0 amide bonds. The Balaban J connectivity index is 1.66. The number of benzene rings is 3. The molecule has 31 heavy (non-hydrogen) atoms. The third-order valence-corrected chi connectivity index (χ3v) is 4.35. The van der Waals surface area contributed by atoms with Crippen molar-refractivity contribution in [1.29, 1.82) is 0 Å². The molecule has 3 aromatic rings. The Hall–Kier alpha value is -4.05. The molecule has 0 unspecified atom stereocenters. The average Bonchev–Trinajstić information content (AvgIpc) is 2.74. The highest BCUT2D eigenvalue weighted by Gasteiger charge is 2.19. The summed E-state index contributed by atoms with van der Waals surface area (Å²) < 4.78 is 18.6. The van der Waals surface area contributed by atoms with Crippen LogP contribution in [-0.2, 0) is 6.61 Å². The largest absolute Gasteiger partial charge is 0.487 e. The number of hydrazone groups is 1. The van der Waals surface area contributed by atoms with Gasteiger partial charge < -0.3 is 4.74 Å². The van der Waals surface area contributed by atoms with Crippen LogP contribution in [0.4, 0.5) is 21.5 Å². The highest BCUT2D eigenvalue weighted by atomic mass is 35.5. The van der Waals surface area contributed by atoms with Crippen LogP contribution in [0.5, 0.6) is 5.75 Å². The molecule has 0 aliphatic heterocycles. The Morgan fingerprint density at radius 3 is 2.42 bits per heavy atom. The minimum atomic E-state index is -0.741. The number of nitrogens with zero attached hydrogens (tertiary/aromatic N) is 3. The zero-order valence-corrected chi connectivity index (χ0v) is 16.5. The third-order valence-electron chi connectivity index (χ3n) is 4.05. The summed E-state index contributed by atoms with van der Waals surface area (Å²) in [6, 6.07) is 13.9. The molecule has 0 aliphatic rings. The summed E-state index contributed by atoms with van der Waals surface area (Å²) in [6.45, 7) is 0.207. The lowest BCUT2D eigenvalue weighted by atomic mass is 10.2. The van der Waals surface area contributed by atoms with E-state index in [-0.39, 0.29) is 18.1 Å². The van der Waals surface area contributed by atoms with Crippen molar-refractivity contribution in [3.05, 3.63) is 103 Å². The van der Waals surface area contributed by atoms with E-state index in [2.05, 4.69) is 10.5 Å². The molecule has 0 spiro atoms. The van der Waals surface area contributed by atoms with Gasteiger partial charge in [0.15, 0.2) is 0 Å². The van der Waals surface area contributed by atoms with Crippen LogP contribution in [0.15, 0.2) is 65.8 Å². The minimum Gasteiger partial charge on any atom is -0.487 e. The smallest absolute Gasteiger partial charge is 0.301 e. The predicted molar refractivity (Wildman–Crippen MR) is 113 cm³/mol. The first-order valence-electron chi connectivity index (χ1n) is 8.72. The molecule has 158 valence electrons.